The number of ether oxygens (including phenoxy) is 1. The van der Waals surface area contributed by atoms with E-state index in [4.69, 9.17) is 4.74 Å². The van der Waals surface area contributed by atoms with Gasteiger partial charge in [0.05, 0.1) is 6.54 Å². The number of benzene rings is 1. The van der Waals surface area contributed by atoms with Crippen molar-refractivity contribution in [2.45, 2.75) is 33.7 Å². The van der Waals surface area contributed by atoms with E-state index in [9.17, 15) is 0 Å². The fourth-order valence-electron chi connectivity index (χ4n) is 1.55. The zero-order valence-electron chi connectivity index (χ0n) is 13.2. The van der Waals surface area contributed by atoms with E-state index in [0.717, 1.165) is 18.3 Å². The Morgan fingerprint density at radius 1 is 1.20 bits per heavy atom. The second-order valence-electron chi connectivity index (χ2n) is 5.34. The molecule has 0 amide bonds. The highest BCUT2D eigenvalue weighted by Crippen LogP contribution is 2.10. The third-order valence-electron chi connectivity index (χ3n) is 3.27. The summed E-state index contributed by atoms with van der Waals surface area (Å²) >= 11 is 0. The molecule has 0 radical (unpaired) electrons. The average molecular weight is 277 g/mol. The lowest BCUT2D eigenvalue weighted by molar-refractivity contribution is 0.321. The molecule has 0 saturated carbocycles. The fraction of sp³-hybridized carbons (Fsp3) is 0.562. The minimum atomic E-state index is 0.388. The maximum absolute atomic E-state index is 5.66. The van der Waals surface area contributed by atoms with E-state index in [0.29, 0.717) is 18.6 Å². The van der Waals surface area contributed by atoms with Crippen molar-refractivity contribution in [2.75, 3.05) is 20.2 Å². The Hall–Kier alpha value is -1.71. The Labute approximate surface area is 122 Å². The maximum Gasteiger partial charge on any atom is 0.191 e. The molecule has 1 atom stereocenters. The summed E-state index contributed by atoms with van der Waals surface area (Å²) < 4.78 is 5.66. The zero-order valence-corrected chi connectivity index (χ0v) is 13.2. The van der Waals surface area contributed by atoms with Crippen molar-refractivity contribution in [1.82, 2.24) is 10.6 Å². The van der Waals surface area contributed by atoms with Crippen LogP contribution in [0.4, 0.5) is 0 Å². The van der Waals surface area contributed by atoms with Crippen molar-refractivity contribution < 1.29 is 4.74 Å². The number of rotatable bonds is 6. The van der Waals surface area contributed by atoms with Gasteiger partial charge in [-0.05, 0) is 31.9 Å². The van der Waals surface area contributed by atoms with Gasteiger partial charge in [-0.2, -0.15) is 0 Å². The van der Waals surface area contributed by atoms with Gasteiger partial charge in [-0.3, -0.25) is 4.99 Å². The molecule has 1 aromatic rings. The molecule has 0 fully saturated rings. The number of aliphatic imine (C=N–C) groups is 1. The number of nitrogens with zero attached hydrogens (tertiary/aromatic N) is 1. The van der Waals surface area contributed by atoms with Gasteiger partial charge in [0, 0.05) is 13.1 Å². The first-order chi connectivity index (χ1) is 9.52. The van der Waals surface area contributed by atoms with Crippen LogP contribution in [0, 0.1) is 12.8 Å². The second kappa shape index (κ2) is 8.46. The molecule has 2 N–H and O–H groups in total. The van der Waals surface area contributed by atoms with Gasteiger partial charge in [-0.15, -0.1) is 0 Å². The standard InChI is InChI=1S/C16H27N3O/c1-12(2)14(4)19-16(17-5)18-10-11-20-15-8-6-13(3)7-9-15/h6-9,12,14H,10-11H2,1-5H3,(H2,17,18,19). The molecule has 0 saturated heterocycles. The highest BCUT2D eigenvalue weighted by molar-refractivity contribution is 5.79. The first-order valence-electron chi connectivity index (χ1n) is 7.19. The summed E-state index contributed by atoms with van der Waals surface area (Å²) in [4.78, 5) is 4.21. The molecule has 0 aliphatic carbocycles. The van der Waals surface area contributed by atoms with Crippen LogP contribution in [0.15, 0.2) is 29.3 Å². The Morgan fingerprint density at radius 2 is 1.85 bits per heavy atom. The minimum absolute atomic E-state index is 0.388. The molecule has 0 spiro atoms. The molecule has 0 bridgehead atoms. The van der Waals surface area contributed by atoms with Gasteiger partial charge in [-0.1, -0.05) is 31.5 Å². The third-order valence-corrected chi connectivity index (χ3v) is 3.27. The Bertz CT molecular complexity index is 412. The monoisotopic (exact) mass is 277 g/mol. The van der Waals surface area contributed by atoms with Crippen molar-refractivity contribution in [2.24, 2.45) is 10.9 Å². The smallest absolute Gasteiger partial charge is 0.191 e. The molecule has 0 heterocycles. The van der Waals surface area contributed by atoms with Gasteiger partial charge in [0.2, 0.25) is 0 Å². The summed E-state index contributed by atoms with van der Waals surface area (Å²) in [6, 6.07) is 8.47. The summed E-state index contributed by atoms with van der Waals surface area (Å²) in [6.45, 7) is 9.92. The van der Waals surface area contributed by atoms with Crippen LogP contribution < -0.4 is 15.4 Å². The van der Waals surface area contributed by atoms with Gasteiger partial charge >= 0.3 is 0 Å². The normalized spacial score (nSPS) is 13.2. The predicted molar refractivity (Wildman–Crippen MR) is 85.5 cm³/mol. The SMILES string of the molecule is CN=C(NCCOc1ccc(C)cc1)NC(C)C(C)C. The first-order valence-corrected chi connectivity index (χ1v) is 7.19. The molecule has 0 aliphatic heterocycles. The van der Waals surface area contributed by atoms with Crippen LogP contribution >= 0.6 is 0 Å². The van der Waals surface area contributed by atoms with Crippen LogP contribution in [0.2, 0.25) is 0 Å². The highest BCUT2D eigenvalue weighted by atomic mass is 16.5. The third kappa shape index (κ3) is 5.95. The average Bonchev–Trinajstić information content (AvgIpc) is 2.43. The minimum Gasteiger partial charge on any atom is -0.492 e. The molecule has 1 aromatic carbocycles. The van der Waals surface area contributed by atoms with Gasteiger partial charge in [0.15, 0.2) is 5.96 Å². The maximum atomic E-state index is 5.66. The van der Waals surface area contributed by atoms with Gasteiger partial charge in [0.25, 0.3) is 0 Å². The van der Waals surface area contributed by atoms with Crippen molar-refractivity contribution in [3.8, 4) is 5.75 Å². The van der Waals surface area contributed by atoms with Gasteiger partial charge in [0.1, 0.15) is 12.4 Å². The van der Waals surface area contributed by atoms with Gasteiger partial charge in [-0.25, -0.2) is 0 Å². The van der Waals surface area contributed by atoms with Crippen molar-refractivity contribution >= 4 is 5.96 Å². The van der Waals surface area contributed by atoms with Crippen molar-refractivity contribution in [3.63, 3.8) is 0 Å². The lowest BCUT2D eigenvalue weighted by atomic mass is 10.1. The molecule has 112 valence electrons. The fourth-order valence-corrected chi connectivity index (χ4v) is 1.55. The molecule has 1 unspecified atom stereocenters. The van der Waals surface area contributed by atoms with E-state index >= 15 is 0 Å². The van der Waals surface area contributed by atoms with E-state index < -0.39 is 0 Å². The van der Waals surface area contributed by atoms with Crippen molar-refractivity contribution in [3.05, 3.63) is 29.8 Å². The number of guanidine groups is 1. The molecule has 4 heteroatoms. The molecular weight excluding hydrogens is 250 g/mol. The zero-order chi connectivity index (χ0) is 15.0. The predicted octanol–water partition coefficient (Wildman–Crippen LogP) is 2.58. The first kappa shape index (κ1) is 16.3. The van der Waals surface area contributed by atoms with E-state index in [1.54, 1.807) is 7.05 Å². The second-order valence-corrected chi connectivity index (χ2v) is 5.34. The summed E-state index contributed by atoms with van der Waals surface area (Å²) in [7, 11) is 1.78. The van der Waals surface area contributed by atoms with E-state index in [1.165, 1.54) is 5.56 Å². The molecule has 0 aliphatic rings. The van der Waals surface area contributed by atoms with E-state index in [2.05, 4.69) is 43.3 Å². The number of hydrogen-bond acceptors (Lipinski definition) is 2. The highest BCUT2D eigenvalue weighted by Gasteiger charge is 2.08. The van der Waals surface area contributed by atoms with Crippen LogP contribution in [0.1, 0.15) is 26.3 Å². The molecule has 4 nitrogen and oxygen atoms in total. The van der Waals surface area contributed by atoms with Crippen molar-refractivity contribution in [1.29, 1.82) is 0 Å². The lowest BCUT2D eigenvalue weighted by Crippen LogP contribution is -2.45. The molecule has 1 rings (SSSR count). The summed E-state index contributed by atoms with van der Waals surface area (Å²) in [5.41, 5.74) is 1.24. The summed E-state index contributed by atoms with van der Waals surface area (Å²) in [6.07, 6.45) is 0. The molecule has 20 heavy (non-hydrogen) atoms. The lowest BCUT2D eigenvalue weighted by Gasteiger charge is -2.20. The van der Waals surface area contributed by atoms with Crippen LogP contribution in [-0.4, -0.2) is 32.2 Å². The van der Waals surface area contributed by atoms with E-state index in [-0.39, 0.29) is 0 Å². The summed E-state index contributed by atoms with van der Waals surface area (Å²) in [5.74, 6) is 2.28. The number of hydrogen-bond donors (Lipinski definition) is 2. The Morgan fingerprint density at radius 3 is 2.40 bits per heavy atom. The molecular formula is C16H27N3O. The topological polar surface area (TPSA) is 45.7 Å². The quantitative estimate of drug-likeness (QED) is 0.477. The van der Waals surface area contributed by atoms with Crippen LogP contribution in [0.25, 0.3) is 0 Å². The number of aryl methyl sites for hydroxylation is 1. The Kier molecular flexibility index (Phi) is 6.91. The Balaban J connectivity index is 2.27. The van der Waals surface area contributed by atoms with E-state index in [1.807, 2.05) is 24.3 Å². The van der Waals surface area contributed by atoms with Crippen LogP contribution in [-0.2, 0) is 0 Å². The molecule has 0 aromatic heterocycles. The van der Waals surface area contributed by atoms with Crippen LogP contribution in [0.3, 0.4) is 0 Å². The summed E-state index contributed by atoms with van der Waals surface area (Å²) in [5, 5.41) is 6.61. The van der Waals surface area contributed by atoms with Gasteiger partial charge < -0.3 is 15.4 Å². The van der Waals surface area contributed by atoms with Crippen LogP contribution in [0.5, 0.6) is 5.75 Å². The largest absolute Gasteiger partial charge is 0.492 e. The number of nitrogens with one attached hydrogen (secondary N) is 2.